The van der Waals surface area contributed by atoms with Crippen LogP contribution in [0.4, 0.5) is 0 Å². The summed E-state index contributed by atoms with van der Waals surface area (Å²) in [4.78, 5) is 1.99. The van der Waals surface area contributed by atoms with Crippen LogP contribution in [0.1, 0.15) is 12.6 Å². The smallest absolute Gasteiger partial charge is 0.169 e. The van der Waals surface area contributed by atoms with E-state index < -0.39 is 0 Å². The molecular formula is C11H20N4OS. The Bertz CT molecular complexity index is 353. The number of rotatable bonds is 6. The zero-order valence-corrected chi connectivity index (χ0v) is 11.5. The van der Waals surface area contributed by atoms with Crippen molar-refractivity contribution in [2.75, 3.05) is 27.3 Å². The van der Waals surface area contributed by atoms with Crippen molar-refractivity contribution < 1.29 is 4.74 Å². The summed E-state index contributed by atoms with van der Waals surface area (Å²) in [7, 11) is 3.64. The van der Waals surface area contributed by atoms with Gasteiger partial charge in [-0.05, 0) is 25.2 Å². The molecule has 0 saturated carbocycles. The van der Waals surface area contributed by atoms with E-state index in [-0.39, 0.29) is 0 Å². The summed E-state index contributed by atoms with van der Waals surface area (Å²) in [6, 6.07) is 2.01. The highest BCUT2D eigenvalue weighted by Crippen LogP contribution is 2.03. The lowest BCUT2D eigenvalue weighted by atomic mass is 10.4. The van der Waals surface area contributed by atoms with Gasteiger partial charge in [0, 0.05) is 33.4 Å². The number of nitrogens with one attached hydrogen (secondary N) is 1. The van der Waals surface area contributed by atoms with Gasteiger partial charge in [0.05, 0.1) is 18.8 Å². The number of aromatic nitrogens is 2. The second-order valence-electron chi connectivity index (χ2n) is 3.72. The second-order valence-corrected chi connectivity index (χ2v) is 4.11. The molecule has 0 aliphatic rings. The van der Waals surface area contributed by atoms with E-state index in [4.69, 9.17) is 17.0 Å². The largest absolute Gasteiger partial charge is 0.383 e. The first-order valence-corrected chi connectivity index (χ1v) is 6.08. The summed E-state index contributed by atoms with van der Waals surface area (Å²) in [6.07, 6.45) is 1.81. The van der Waals surface area contributed by atoms with Gasteiger partial charge in [-0.15, -0.1) is 0 Å². The lowest BCUT2D eigenvalue weighted by Gasteiger charge is -2.21. The average Bonchev–Trinajstić information content (AvgIpc) is 2.76. The Morgan fingerprint density at radius 1 is 1.65 bits per heavy atom. The van der Waals surface area contributed by atoms with Gasteiger partial charge in [-0.2, -0.15) is 5.10 Å². The summed E-state index contributed by atoms with van der Waals surface area (Å²) >= 11 is 5.27. The Kier molecular flexibility index (Phi) is 5.93. The molecule has 0 unspecified atom stereocenters. The van der Waals surface area contributed by atoms with Gasteiger partial charge >= 0.3 is 0 Å². The maximum Gasteiger partial charge on any atom is 0.169 e. The molecule has 0 spiro atoms. The number of aryl methyl sites for hydroxylation is 1. The molecule has 0 atom stereocenters. The SMILES string of the molecule is CCn1nccc1CN(C)C(=S)NCCOC. The van der Waals surface area contributed by atoms with E-state index in [1.54, 1.807) is 7.11 Å². The van der Waals surface area contributed by atoms with Gasteiger partial charge in [-0.3, -0.25) is 4.68 Å². The minimum atomic E-state index is 0.654. The molecule has 0 saturated heterocycles. The van der Waals surface area contributed by atoms with Crippen molar-refractivity contribution in [3.63, 3.8) is 0 Å². The van der Waals surface area contributed by atoms with E-state index in [0.717, 1.165) is 30.4 Å². The Hall–Kier alpha value is -1.14. The topological polar surface area (TPSA) is 42.3 Å². The van der Waals surface area contributed by atoms with E-state index in [1.165, 1.54) is 0 Å². The fourth-order valence-electron chi connectivity index (χ4n) is 1.49. The predicted octanol–water partition coefficient (Wildman–Crippen LogP) is 0.856. The van der Waals surface area contributed by atoms with Crippen LogP contribution in [0.15, 0.2) is 12.3 Å². The predicted molar refractivity (Wildman–Crippen MR) is 71.8 cm³/mol. The number of hydrogen-bond acceptors (Lipinski definition) is 3. The van der Waals surface area contributed by atoms with Gasteiger partial charge in [-0.1, -0.05) is 0 Å². The fourth-order valence-corrected chi connectivity index (χ4v) is 1.66. The van der Waals surface area contributed by atoms with Crippen molar-refractivity contribution in [2.24, 2.45) is 0 Å². The van der Waals surface area contributed by atoms with E-state index in [9.17, 15) is 0 Å². The Morgan fingerprint density at radius 2 is 2.41 bits per heavy atom. The third-order valence-corrected chi connectivity index (χ3v) is 2.89. The summed E-state index contributed by atoms with van der Waals surface area (Å²) in [6.45, 7) is 5.09. The van der Waals surface area contributed by atoms with E-state index in [1.807, 2.05) is 28.9 Å². The number of nitrogens with zero attached hydrogens (tertiary/aromatic N) is 3. The van der Waals surface area contributed by atoms with Crippen LogP contribution in [0.2, 0.25) is 0 Å². The number of hydrogen-bond donors (Lipinski definition) is 1. The zero-order valence-electron chi connectivity index (χ0n) is 10.6. The molecule has 1 rings (SSSR count). The fraction of sp³-hybridized carbons (Fsp3) is 0.636. The van der Waals surface area contributed by atoms with E-state index >= 15 is 0 Å². The summed E-state index contributed by atoms with van der Waals surface area (Å²) < 4.78 is 6.93. The van der Waals surface area contributed by atoms with E-state index in [0.29, 0.717) is 6.61 Å². The third kappa shape index (κ3) is 4.32. The molecule has 1 aromatic heterocycles. The van der Waals surface area contributed by atoms with Crippen molar-refractivity contribution in [1.82, 2.24) is 20.0 Å². The lowest BCUT2D eigenvalue weighted by Crippen LogP contribution is -2.38. The molecule has 0 aliphatic carbocycles. The quantitative estimate of drug-likeness (QED) is 0.604. The van der Waals surface area contributed by atoms with Crippen molar-refractivity contribution in [1.29, 1.82) is 0 Å². The van der Waals surface area contributed by atoms with Gasteiger partial charge in [0.1, 0.15) is 0 Å². The molecule has 1 N–H and O–H groups in total. The third-order valence-electron chi connectivity index (χ3n) is 2.43. The zero-order chi connectivity index (χ0) is 12.7. The highest BCUT2D eigenvalue weighted by atomic mass is 32.1. The molecule has 0 fully saturated rings. The summed E-state index contributed by atoms with van der Waals surface area (Å²) in [5.41, 5.74) is 1.16. The average molecular weight is 256 g/mol. The molecule has 0 bridgehead atoms. The molecule has 0 aliphatic heterocycles. The first-order chi connectivity index (χ1) is 8.19. The van der Waals surface area contributed by atoms with Gasteiger partial charge < -0.3 is 15.0 Å². The maximum atomic E-state index is 5.27. The first kappa shape index (κ1) is 13.9. The van der Waals surface area contributed by atoms with Crippen molar-refractivity contribution >= 4 is 17.3 Å². The molecule has 96 valence electrons. The number of thiocarbonyl (C=S) groups is 1. The van der Waals surface area contributed by atoms with Crippen LogP contribution in [0.25, 0.3) is 0 Å². The van der Waals surface area contributed by atoms with Gasteiger partial charge in [0.15, 0.2) is 5.11 Å². The molecular weight excluding hydrogens is 236 g/mol. The van der Waals surface area contributed by atoms with Crippen LogP contribution in [-0.4, -0.2) is 47.1 Å². The Labute approximate surface area is 108 Å². The van der Waals surface area contributed by atoms with Gasteiger partial charge in [0.25, 0.3) is 0 Å². The summed E-state index contributed by atoms with van der Waals surface area (Å²) in [5.74, 6) is 0. The molecule has 0 amide bonds. The van der Waals surface area contributed by atoms with Crippen molar-refractivity contribution in [3.8, 4) is 0 Å². The van der Waals surface area contributed by atoms with E-state index in [2.05, 4.69) is 17.3 Å². The normalized spacial score (nSPS) is 10.3. The lowest BCUT2D eigenvalue weighted by molar-refractivity contribution is 0.203. The molecule has 1 aromatic rings. The van der Waals surface area contributed by atoms with Crippen molar-refractivity contribution in [2.45, 2.75) is 20.0 Å². The number of methoxy groups -OCH3 is 1. The molecule has 1 heterocycles. The Balaban J connectivity index is 2.42. The molecule has 5 nitrogen and oxygen atoms in total. The first-order valence-electron chi connectivity index (χ1n) is 5.67. The van der Waals surface area contributed by atoms with Crippen LogP contribution in [-0.2, 0) is 17.8 Å². The van der Waals surface area contributed by atoms with Crippen LogP contribution >= 0.6 is 12.2 Å². The minimum Gasteiger partial charge on any atom is -0.383 e. The minimum absolute atomic E-state index is 0.654. The van der Waals surface area contributed by atoms with Crippen LogP contribution in [0.5, 0.6) is 0 Å². The maximum absolute atomic E-state index is 5.27. The number of ether oxygens (including phenoxy) is 1. The molecule has 0 radical (unpaired) electrons. The second kappa shape index (κ2) is 7.24. The highest BCUT2D eigenvalue weighted by molar-refractivity contribution is 7.80. The summed E-state index contributed by atoms with van der Waals surface area (Å²) in [5, 5.41) is 8.09. The Morgan fingerprint density at radius 3 is 3.06 bits per heavy atom. The molecule has 0 aromatic carbocycles. The van der Waals surface area contributed by atoms with Crippen LogP contribution in [0.3, 0.4) is 0 Å². The monoisotopic (exact) mass is 256 g/mol. The van der Waals surface area contributed by atoms with Crippen LogP contribution < -0.4 is 5.32 Å². The van der Waals surface area contributed by atoms with Crippen LogP contribution in [0, 0.1) is 0 Å². The van der Waals surface area contributed by atoms with Crippen molar-refractivity contribution in [3.05, 3.63) is 18.0 Å². The van der Waals surface area contributed by atoms with Gasteiger partial charge in [-0.25, -0.2) is 0 Å². The molecule has 17 heavy (non-hydrogen) atoms. The highest BCUT2D eigenvalue weighted by Gasteiger charge is 2.07. The standard InChI is InChI=1S/C11H20N4OS/c1-4-15-10(5-6-13-15)9-14(2)11(17)12-7-8-16-3/h5-6H,4,7-9H2,1-3H3,(H,12,17). The molecule has 6 heteroatoms. The van der Waals surface area contributed by atoms with Gasteiger partial charge in [0.2, 0.25) is 0 Å².